The fraction of sp³-hybridized carbons (Fsp3) is 0.133. The summed E-state index contributed by atoms with van der Waals surface area (Å²) in [5.74, 6) is 0. The Morgan fingerprint density at radius 2 is 0.800 bits per heavy atom. The number of hydrogen-bond donors (Lipinski definition) is 0. The summed E-state index contributed by atoms with van der Waals surface area (Å²) in [4.78, 5) is 4.54. The van der Waals surface area contributed by atoms with E-state index >= 15 is 0 Å². The maximum atomic E-state index is 10.1. The lowest BCUT2D eigenvalue weighted by molar-refractivity contribution is 0.569. The van der Waals surface area contributed by atoms with Crippen LogP contribution in [0.1, 0.15) is 96.8 Å². The first kappa shape index (κ1) is 45.4. The lowest BCUT2D eigenvalue weighted by Gasteiger charge is -2.46. The smallest absolute Gasteiger partial charge is 0.252 e. The van der Waals surface area contributed by atoms with Gasteiger partial charge in [0.2, 0.25) is 0 Å². The average Bonchev–Trinajstić information content (AvgIpc) is 1.39. The quantitative estimate of drug-likeness (QED) is 0.142. The summed E-state index contributed by atoms with van der Waals surface area (Å²) in [5, 5.41) is 1.30. The highest BCUT2D eigenvalue weighted by molar-refractivity contribution is 7.00. The fourth-order valence-electron chi connectivity index (χ4n) is 14.5. The second kappa shape index (κ2) is 21.9. The molecule has 0 saturated carbocycles. The summed E-state index contributed by atoms with van der Waals surface area (Å²) in [6.45, 7) is 19.3. The summed E-state index contributed by atoms with van der Waals surface area (Å²) in [6, 6.07) is 64.1. The maximum Gasteiger partial charge on any atom is 0.252 e. The molecule has 4 nitrogen and oxygen atoms in total. The summed E-state index contributed by atoms with van der Waals surface area (Å²) in [5.41, 5.74) is 17.5. The highest BCUT2D eigenvalue weighted by Crippen LogP contribution is 2.55. The van der Waals surface area contributed by atoms with Crippen LogP contribution in [0.15, 0.2) is 289 Å². The number of para-hydroxylation sites is 3. The van der Waals surface area contributed by atoms with E-state index in [1.807, 2.05) is 133 Å². The summed E-state index contributed by atoms with van der Waals surface area (Å²) in [7, 11) is 0. The van der Waals surface area contributed by atoms with Crippen molar-refractivity contribution in [2.75, 3.05) is 9.80 Å². The molecule has 0 radical (unpaired) electrons. The van der Waals surface area contributed by atoms with Crippen LogP contribution in [-0.2, 0) is 16.2 Å². The van der Waals surface area contributed by atoms with E-state index in [0.717, 1.165) is 94.3 Å². The molecule has 2 aromatic heterocycles. The van der Waals surface area contributed by atoms with Crippen molar-refractivity contribution in [3.8, 4) is 61.3 Å². The first-order valence-electron chi connectivity index (χ1n) is 39.0. The minimum atomic E-state index is -0.710. The number of benzene rings is 13. The Morgan fingerprint density at radius 1 is 0.337 bits per heavy atom. The van der Waals surface area contributed by atoms with E-state index in [2.05, 4.69) is 145 Å². The van der Waals surface area contributed by atoms with E-state index in [9.17, 15) is 13.7 Å². The molecule has 0 saturated heterocycles. The Kier molecular flexibility index (Phi) is 10.5. The van der Waals surface area contributed by atoms with Gasteiger partial charge in [0.1, 0.15) is 11.2 Å². The number of aromatic nitrogens is 1. The van der Waals surface area contributed by atoms with Gasteiger partial charge >= 0.3 is 0 Å². The van der Waals surface area contributed by atoms with Crippen molar-refractivity contribution in [2.45, 2.75) is 78.6 Å². The maximum absolute atomic E-state index is 10.1. The van der Waals surface area contributed by atoms with Crippen molar-refractivity contribution in [1.82, 2.24) is 4.57 Å². The average molecular weight is 1240 g/mol. The Labute approximate surface area is 576 Å². The zero-order valence-corrected chi connectivity index (χ0v) is 54.5. The molecule has 0 atom stereocenters. The van der Waals surface area contributed by atoms with Gasteiger partial charge in [-0.2, -0.15) is 0 Å². The lowest BCUT2D eigenvalue weighted by atomic mass is 9.33. The highest BCUT2D eigenvalue weighted by atomic mass is 16.3. The number of nitrogens with zero attached hydrogens (tertiary/aromatic N) is 3. The summed E-state index contributed by atoms with van der Waals surface area (Å²) >= 11 is 0. The zero-order chi connectivity index (χ0) is 76.0. The third-order valence-corrected chi connectivity index (χ3v) is 19.3. The van der Waals surface area contributed by atoms with Crippen LogP contribution in [-0.4, -0.2) is 11.3 Å². The van der Waals surface area contributed by atoms with Gasteiger partial charge in [-0.05, 0) is 155 Å². The molecule has 0 unspecified atom stereocenters. The van der Waals surface area contributed by atoms with E-state index in [0.29, 0.717) is 44.9 Å². The normalized spacial score (nSPS) is 15.0. The zero-order valence-electron chi connectivity index (χ0n) is 67.5. The number of furan rings is 1. The highest BCUT2D eigenvalue weighted by Gasteiger charge is 2.46. The third kappa shape index (κ3) is 9.57. The van der Waals surface area contributed by atoms with Gasteiger partial charge < -0.3 is 18.8 Å². The molecule has 13 aromatic carbocycles. The number of rotatable bonds is 8. The van der Waals surface area contributed by atoms with Crippen molar-refractivity contribution in [3.63, 3.8) is 0 Å². The molecule has 0 amide bonds. The molecule has 0 aliphatic carbocycles. The van der Waals surface area contributed by atoms with Gasteiger partial charge in [0.05, 0.1) is 51.3 Å². The Hall–Kier alpha value is -10.9. The molecule has 0 spiro atoms. The number of fused-ring (bicyclic) bond motifs is 10. The predicted molar refractivity (Wildman–Crippen MR) is 405 cm³/mol. The number of hydrogen-bond acceptors (Lipinski definition) is 3. The molecule has 2 aliphatic heterocycles. The second-order valence-electron chi connectivity index (χ2n) is 28.3. The van der Waals surface area contributed by atoms with Crippen molar-refractivity contribution in [2.24, 2.45) is 0 Å². The van der Waals surface area contributed by atoms with E-state index in [4.69, 9.17) is 8.53 Å². The van der Waals surface area contributed by atoms with Crippen molar-refractivity contribution >= 4 is 101 Å². The first-order chi connectivity index (χ1) is 51.4. The van der Waals surface area contributed by atoms with Gasteiger partial charge in [-0.25, -0.2) is 0 Å². The molecule has 5 heteroatoms. The SMILES string of the molecule is [2H]c1c([2H])c([2H])c(-c2ccc3c(c2)N(c2c(-c4ccccc4)ccc4oc5ccccc5c24)c2cc(-n4c5c([2H])c([2H])c([2H])c([2H])c5c5c([2H])c([2H])c([2H])c([2H])c54)cc4c2B3c2ccc(-c3cc(C(C)(C)C)cc(C(C)(C)C)c3)cc2N4c2c(-c3ccccc3)cc(C(C)(C)C)cc2-c2ccccc2)c([2H])c1[2H]. The molecular weight excluding hydrogens is 1150 g/mol. The molecular formula is C90H74BN3O. The van der Waals surface area contributed by atoms with Crippen molar-refractivity contribution in [1.29, 1.82) is 0 Å². The topological polar surface area (TPSA) is 24.6 Å². The molecule has 4 heterocycles. The predicted octanol–water partition coefficient (Wildman–Crippen LogP) is 23.0. The Bertz CT molecular complexity index is 6170. The molecule has 0 bridgehead atoms. The molecule has 15 aromatic rings. The van der Waals surface area contributed by atoms with Crippen LogP contribution < -0.4 is 26.2 Å². The molecule has 0 N–H and O–H groups in total. The van der Waals surface area contributed by atoms with Gasteiger partial charge in [-0.1, -0.05) is 280 Å². The Morgan fingerprint density at radius 3 is 1.34 bits per heavy atom. The second-order valence-corrected chi connectivity index (χ2v) is 28.3. The lowest BCUT2D eigenvalue weighted by Crippen LogP contribution is -2.61. The Balaban J connectivity index is 1.14. The third-order valence-electron chi connectivity index (χ3n) is 19.3. The largest absolute Gasteiger partial charge is 0.456 e. The van der Waals surface area contributed by atoms with Crippen LogP contribution in [0.5, 0.6) is 0 Å². The van der Waals surface area contributed by atoms with Gasteiger partial charge in [0.25, 0.3) is 6.71 Å². The van der Waals surface area contributed by atoms with Crippen LogP contribution in [0.25, 0.3) is 105 Å². The monoisotopic (exact) mass is 1240 g/mol. The minimum absolute atomic E-state index is 0.0136. The summed E-state index contributed by atoms with van der Waals surface area (Å²) < 4.78 is 132. The minimum Gasteiger partial charge on any atom is -0.456 e. The van der Waals surface area contributed by atoms with Gasteiger partial charge in [0, 0.05) is 55.6 Å². The van der Waals surface area contributed by atoms with E-state index in [1.165, 1.54) is 0 Å². The summed E-state index contributed by atoms with van der Waals surface area (Å²) in [6.07, 6.45) is 0. The van der Waals surface area contributed by atoms with Crippen LogP contribution >= 0.6 is 0 Å². The molecule has 458 valence electrons. The molecule has 95 heavy (non-hydrogen) atoms. The van der Waals surface area contributed by atoms with Crippen LogP contribution in [0.4, 0.5) is 34.1 Å². The fourth-order valence-corrected chi connectivity index (χ4v) is 14.5. The van der Waals surface area contributed by atoms with Gasteiger partial charge in [-0.3, -0.25) is 0 Å². The van der Waals surface area contributed by atoms with Gasteiger partial charge in [-0.15, -0.1) is 0 Å². The van der Waals surface area contributed by atoms with Crippen molar-refractivity contribution < 1.29 is 22.2 Å². The molecule has 0 fully saturated rings. The van der Waals surface area contributed by atoms with Gasteiger partial charge in [0.15, 0.2) is 0 Å². The van der Waals surface area contributed by atoms with Crippen LogP contribution in [0, 0.1) is 0 Å². The standard InChI is InChI=1S/C90H74BN3O/c1-88(2,3)64-48-63(49-65(52-64)89(4,5)6)62-43-46-74-78(51-62)93(86-72(59-32-18-12-19-33-59)53-66(90(7,8)9)54-73(86)60-34-20-13-21-35-60)80-55-67(92-76-39-25-22-36-69(76)70-37-23-26-40-77(70)92)56-81-85(80)91(74)75-45-42-61(57-28-14-10-15-29-57)50-79(75)94(81)87-68(58-30-16-11-17-31-58)44-47-83-84(87)71-38-24-27-41-82(71)95-83/h10-56H,1-9H3/i10D,14D,15D,22D,23D,25D,26D,28D,29D,36D,37D,39D,40D. The van der Waals surface area contributed by atoms with Crippen LogP contribution in [0.3, 0.4) is 0 Å². The number of anilines is 6. The molecule has 17 rings (SSSR count). The van der Waals surface area contributed by atoms with E-state index < -0.39 is 78.6 Å². The molecule has 2 aliphatic rings. The van der Waals surface area contributed by atoms with Crippen molar-refractivity contribution in [3.05, 3.63) is 301 Å². The van der Waals surface area contributed by atoms with E-state index in [1.54, 1.807) is 4.57 Å². The van der Waals surface area contributed by atoms with Crippen LogP contribution in [0.2, 0.25) is 0 Å². The van der Waals surface area contributed by atoms with E-state index in [-0.39, 0.29) is 56.0 Å². The first-order valence-corrected chi connectivity index (χ1v) is 32.5.